The normalized spacial score (nSPS) is 10.4. The average molecular weight is 408 g/mol. The van der Waals surface area contributed by atoms with Gasteiger partial charge in [-0.2, -0.15) is 5.10 Å². The largest absolute Gasteiger partial charge is 0.478 e. The fraction of sp³-hybridized carbons (Fsp3) is 0.353. The summed E-state index contributed by atoms with van der Waals surface area (Å²) in [5, 5.41) is 15.6. The van der Waals surface area contributed by atoms with Crippen LogP contribution in [0.4, 0.5) is 5.00 Å². The summed E-state index contributed by atoms with van der Waals surface area (Å²) in [6.07, 6.45) is 2.51. The molecule has 2 amide bonds. The number of aromatic carboxylic acids is 1. The third-order valence-corrected chi connectivity index (χ3v) is 5.03. The molecule has 0 unspecified atom stereocenters. The minimum absolute atomic E-state index is 0.00470. The van der Waals surface area contributed by atoms with E-state index < -0.39 is 17.8 Å². The maximum atomic E-state index is 12.3. The Bertz CT molecular complexity index is 930. The number of hydrogen-bond acceptors (Lipinski definition) is 7. The van der Waals surface area contributed by atoms with E-state index in [1.165, 1.54) is 29.1 Å². The van der Waals surface area contributed by atoms with Gasteiger partial charge < -0.3 is 20.1 Å². The van der Waals surface area contributed by atoms with Crippen LogP contribution in [0.15, 0.2) is 12.4 Å². The van der Waals surface area contributed by atoms with Crippen molar-refractivity contribution in [2.75, 3.05) is 26.5 Å². The van der Waals surface area contributed by atoms with Gasteiger partial charge in [-0.15, -0.1) is 11.3 Å². The van der Waals surface area contributed by atoms with Crippen molar-refractivity contribution >= 4 is 40.1 Å². The topological polar surface area (TPSA) is 131 Å². The minimum Gasteiger partial charge on any atom is -0.478 e. The van der Waals surface area contributed by atoms with Crippen molar-refractivity contribution in [3.05, 3.63) is 34.0 Å². The maximum absolute atomic E-state index is 12.3. The number of ether oxygens (including phenoxy) is 1. The predicted octanol–water partition coefficient (Wildman–Crippen LogP) is 1.47. The first-order chi connectivity index (χ1) is 13.1. The number of esters is 1. The van der Waals surface area contributed by atoms with Crippen molar-refractivity contribution in [2.24, 2.45) is 0 Å². The predicted molar refractivity (Wildman–Crippen MR) is 101 cm³/mol. The van der Waals surface area contributed by atoms with Gasteiger partial charge in [0.25, 0.3) is 5.91 Å². The number of aromatic nitrogens is 2. The van der Waals surface area contributed by atoms with Crippen molar-refractivity contribution < 1.29 is 29.0 Å². The number of aryl methyl sites for hydroxylation is 1. The Labute approximate surface area is 164 Å². The van der Waals surface area contributed by atoms with Gasteiger partial charge in [0.1, 0.15) is 5.00 Å². The molecule has 2 aromatic heterocycles. The van der Waals surface area contributed by atoms with E-state index >= 15 is 0 Å². The molecule has 2 heterocycles. The molecule has 0 aliphatic carbocycles. The lowest BCUT2D eigenvalue weighted by Gasteiger charge is -2.08. The van der Waals surface area contributed by atoms with Crippen LogP contribution >= 0.6 is 11.3 Å². The number of nitrogens with one attached hydrogen (secondary N) is 1. The van der Waals surface area contributed by atoms with Crippen molar-refractivity contribution in [3.63, 3.8) is 0 Å². The molecule has 0 atom stereocenters. The lowest BCUT2D eigenvalue weighted by atomic mass is 10.1. The first-order valence-electron chi connectivity index (χ1n) is 8.14. The van der Waals surface area contributed by atoms with E-state index in [0.717, 1.165) is 11.3 Å². The summed E-state index contributed by atoms with van der Waals surface area (Å²) in [7, 11) is 4.40. The number of nitrogens with zero attached hydrogens (tertiary/aromatic N) is 3. The molecule has 0 saturated heterocycles. The van der Waals surface area contributed by atoms with E-state index in [-0.39, 0.29) is 35.0 Å². The summed E-state index contributed by atoms with van der Waals surface area (Å²) in [5.74, 6) is -2.46. The van der Waals surface area contributed by atoms with Crippen LogP contribution in [0.1, 0.15) is 42.4 Å². The molecular weight excluding hydrogens is 388 g/mol. The number of methoxy groups -OCH3 is 1. The summed E-state index contributed by atoms with van der Waals surface area (Å²) in [6.45, 7) is 1.77. The Morgan fingerprint density at radius 1 is 1.32 bits per heavy atom. The molecular formula is C17H20N4O6S. The van der Waals surface area contributed by atoms with Gasteiger partial charge in [0.05, 0.1) is 29.3 Å². The van der Waals surface area contributed by atoms with Crippen LogP contribution in [-0.4, -0.2) is 64.7 Å². The van der Waals surface area contributed by atoms with E-state index in [1.807, 2.05) is 0 Å². The molecule has 150 valence electrons. The van der Waals surface area contributed by atoms with Crippen LogP contribution in [0.2, 0.25) is 0 Å². The summed E-state index contributed by atoms with van der Waals surface area (Å²) in [5.41, 5.74) is 0.594. The quantitative estimate of drug-likeness (QED) is 0.663. The first-order valence-corrected chi connectivity index (χ1v) is 8.96. The number of carboxylic acids is 1. The van der Waals surface area contributed by atoms with E-state index in [0.29, 0.717) is 10.4 Å². The lowest BCUT2D eigenvalue weighted by Crippen LogP contribution is -2.21. The highest BCUT2D eigenvalue weighted by Gasteiger charge is 2.27. The van der Waals surface area contributed by atoms with E-state index in [9.17, 15) is 19.2 Å². The molecule has 2 aromatic rings. The molecule has 0 bridgehead atoms. The average Bonchev–Trinajstić information content (AvgIpc) is 3.23. The van der Waals surface area contributed by atoms with Gasteiger partial charge in [-0.3, -0.25) is 14.3 Å². The molecule has 2 N–H and O–H groups in total. The highest BCUT2D eigenvalue weighted by atomic mass is 32.1. The van der Waals surface area contributed by atoms with Crippen LogP contribution in [0.5, 0.6) is 0 Å². The molecule has 0 fully saturated rings. The fourth-order valence-corrected chi connectivity index (χ4v) is 3.59. The van der Waals surface area contributed by atoms with Gasteiger partial charge in [0, 0.05) is 33.3 Å². The fourth-order valence-electron chi connectivity index (χ4n) is 2.36. The number of hydrogen-bond donors (Lipinski definition) is 2. The van der Waals surface area contributed by atoms with Gasteiger partial charge in [0.2, 0.25) is 5.91 Å². The van der Waals surface area contributed by atoms with Gasteiger partial charge in [-0.25, -0.2) is 9.59 Å². The monoisotopic (exact) mass is 408 g/mol. The zero-order chi connectivity index (χ0) is 21.0. The Balaban J connectivity index is 2.17. The molecule has 28 heavy (non-hydrogen) atoms. The number of amides is 2. The number of rotatable bonds is 7. The van der Waals surface area contributed by atoms with Gasteiger partial charge in [-0.05, 0) is 12.5 Å². The number of thiophene rings is 1. The Morgan fingerprint density at radius 3 is 2.54 bits per heavy atom. The third-order valence-electron chi connectivity index (χ3n) is 3.84. The number of anilines is 1. The Morgan fingerprint density at radius 2 is 2.00 bits per heavy atom. The molecule has 0 aliphatic heterocycles. The van der Waals surface area contributed by atoms with Gasteiger partial charge >= 0.3 is 11.9 Å². The van der Waals surface area contributed by atoms with E-state index in [1.54, 1.807) is 21.0 Å². The lowest BCUT2D eigenvalue weighted by molar-refractivity contribution is -0.116. The smallest absolute Gasteiger partial charge is 0.341 e. The Kier molecular flexibility index (Phi) is 6.52. The third kappa shape index (κ3) is 4.55. The molecule has 0 spiro atoms. The summed E-state index contributed by atoms with van der Waals surface area (Å²) < 4.78 is 6.11. The van der Waals surface area contributed by atoms with Gasteiger partial charge in [0.15, 0.2) is 0 Å². The second-order valence-corrected chi connectivity index (χ2v) is 7.07. The van der Waals surface area contributed by atoms with Crippen LogP contribution in [0.3, 0.4) is 0 Å². The second-order valence-electron chi connectivity index (χ2n) is 6.05. The van der Waals surface area contributed by atoms with Crippen molar-refractivity contribution in [1.29, 1.82) is 0 Å². The molecule has 0 saturated carbocycles. The number of carboxylic acid groups (broad SMARTS) is 1. The maximum Gasteiger partial charge on any atom is 0.341 e. The highest BCUT2D eigenvalue weighted by Crippen LogP contribution is 2.34. The first kappa shape index (κ1) is 21.1. The van der Waals surface area contributed by atoms with Crippen LogP contribution in [-0.2, 0) is 16.1 Å². The molecule has 0 aromatic carbocycles. The standard InChI is InChI=1S/C17H20N4O6S/c1-9-12(17(26)27-4)14(28-13(9)15(23)20(2)3)19-11(22)5-6-21-8-10(7-18-21)16(24)25/h7-8H,5-6H2,1-4H3,(H,19,22)(H,24,25). The summed E-state index contributed by atoms with van der Waals surface area (Å²) >= 11 is 1.00. The zero-order valence-corrected chi connectivity index (χ0v) is 16.6. The molecule has 0 aliphatic rings. The molecule has 0 radical (unpaired) electrons. The van der Waals surface area contributed by atoms with E-state index in [4.69, 9.17) is 9.84 Å². The van der Waals surface area contributed by atoms with E-state index in [2.05, 4.69) is 10.4 Å². The minimum atomic E-state index is -1.11. The Hall–Kier alpha value is -3.21. The van der Waals surface area contributed by atoms with Crippen LogP contribution in [0, 0.1) is 6.92 Å². The number of carbonyl (C=O) groups excluding carboxylic acids is 3. The molecule has 2 rings (SSSR count). The van der Waals surface area contributed by atoms with Crippen molar-refractivity contribution in [2.45, 2.75) is 19.9 Å². The SMILES string of the molecule is COC(=O)c1c(NC(=O)CCn2cc(C(=O)O)cn2)sc(C(=O)N(C)C)c1C. The summed E-state index contributed by atoms with van der Waals surface area (Å²) in [4.78, 5) is 49.3. The van der Waals surface area contributed by atoms with Crippen molar-refractivity contribution in [1.82, 2.24) is 14.7 Å². The zero-order valence-electron chi connectivity index (χ0n) is 15.8. The molecule has 11 heteroatoms. The van der Waals surface area contributed by atoms with Crippen LogP contribution < -0.4 is 5.32 Å². The molecule has 10 nitrogen and oxygen atoms in total. The second kappa shape index (κ2) is 8.65. The summed E-state index contributed by atoms with van der Waals surface area (Å²) in [6, 6.07) is 0. The van der Waals surface area contributed by atoms with Crippen molar-refractivity contribution in [3.8, 4) is 0 Å². The van der Waals surface area contributed by atoms with Crippen LogP contribution in [0.25, 0.3) is 0 Å². The number of carbonyl (C=O) groups is 4. The van der Waals surface area contributed by atoms with Gasteiger partial charge in [-0.1, -0.05) is 0 Å². The highest BCUT2D eigenvalue weighted by molar-refractivity contribution is 7.18.